The molecule has 0 aliphatic heterocycles. The van der Waals surface area contributed by atoms with Gasteiger partial charge in [-0.05, 0) is 0 Å². The van der Waals surface area contributed by atoms with Gasteiger partial charge in [-0.3, -0.25) is 0 Å². The van der Waals surface area contributed by atoms with Crippen molar-refractivity contribution < 1.29 is 45.2 Å². The Morgan fingerprint density at radius 1 is 0.432 bits per heavy atom. The molecule has 4 aliphatic carbocycles. The molecule has 0 bridgehead atoms. The first-order valence-corrected chi connectivity index (χ1v) is 23.9. The number of halogens is 2. The van der Waals surface area contributed by atoms with E-state index in [9.17, 15) is 0 Å². The average Bonchev–Trinajstić information content (AvgIpc) is 3.36. The van der Waals surface area contributed by atoms with Crippen LogP contribution in [0.3, 0.4) is 0 Å². The molecule has 222 valence electrons. The second kappa shape index (κ2) is 14.7. The summed E-state index contributed by atoms with van der Waals surface area (Å²) in [6, 6.07) is 45.6. The van der Waals surface area contributed by atoms with Crippen molar-refractivity contribution >= 4 is 12.0 Å². The Morgan fingerprint density at radius 3 is 1.07 bits per heavy atom. The summed E-state index contributed by atoms with van der Waals surface area (Å²) in [5, 5.41) is 0. The molecule has 0 saturated heterocycles. The van der Waals surface area contributed by atoms with Gasteiger partial charge in [0.25, 0.3) is 0 Å². The van der Waals surface area contributed by atoms with Gasteiger partial charge in [-0.2, -0.15) is 0 Å². The van der Waals surface area contributed by atoms with Crippen molar-refractivity contribution in [3.63, 3.8) is 0 Å². The molecule has 0 fully saturated rings. The fourth-order valence-corrected chi connectivity index (χ4v) is 24.5. The van der Waals surface area contributed by atoms with Crippen LogP contribution in [-0.4, -0.2) is 5.43 Å². The fourth-order valence-electron chi connectivity index (χ4n) is 6.60. The molecule has 44 heavy (non-hydrogen) atoms. The van der Waals surface area contributed by atoms with Crippen LogP contribution >= 0.6 is 0 Å². The van der Waals surface area contributed by atoms with Crippen molar-refractivity contribution in [1.82, 2.24) is 0 Å². The monoisotopic (exact) mass is 708 g/mol. The van der Waals surface area contributed by atoms with Crippen molar-refractivity contribution in [2.45, 2.75) is 52.6 Å². The van der Waals surface area contributed by atoms with E-state index in [1.54, 1.807) is 17.7 Å². The molecule has 0 unspecified atom stereocenters. The Kier molecular flexibility index (Phi) is 11.5. The van der Waals surface area contributed by atoms with E-state index in [0.717, 1.165) is 0 Å². The van der Waals surface area contributed by atoms with Gasteiger partial charge in [-0.1, -0.05) is 0 Å². The summed E-state index contributed by atoms with van der Waals surface area (Å²) in [5.74, 6) is 0.969. The number of fused-ring (bicyclic) bond motifs is 2. The molecule has 0 atom stereocenters. The summed E-state index contributed by atoms with van der Waals surface area (Å²) in [6.07, 6.45) is 0. The van der Waals surface area contributed by atoms with Crippen molar-refractivity contribution in [3.8, 4) is 44.5 Å². The van der Waals surface area contributed by atoms with Crippen molar-refractivity contribution in [1.29, 1.82) is 0 Å². The van der Waals surface area contributed by atoms with E-state index < -0.39 is 25.8 Å². The fraction of sp³-hybridized carbons (Fsp3) is 0.200. The maximum Gasteiger partial charge on any atom is -1.00 e. The molecule has 0 nitrogen and oxygen atoms in total. The molecule has 0 spiro atoms. The second-order valence-electron chi connectivity index (χ2n) is 12.3. The molecule has 4 heteroatoms. The summed E-state index contributed by atoms with van der Waals surface area (Å²) in [4.78, 5) is 0. The third-order valence-electron chi connectivity index (χ3n) is 8.56. The third kappa shape index (κ3) is 6.43. The van der Waals surface area contributed by atoms with E-state index in [0.29, 0.717) is 11.8 Å². The molecule has 2 aromatic carbocycles. The van der Waals surface area contributed by atoms with Gasteiger partial charge in [-0.25, -0.2) is 0 Å². The van der Waals surface area contributed by atoms with E-state index in [4.69, 9.17) is 0 Å². The Labute approximate surface area is 284 Å². The van der Waals surface area contributed by atoms with Crippen LogP contribution < -0.4 is 31.4 Å². The first-order chi connectivity index (χ1) is 20.4. The van der Waals surface area contributed by atoms with Gasteiger partial charge in [0.2, 0.25) is 0 Å². The molecule has 0 radical (unpaired) electrons. The molecule has 2 aromatic rings. The van der Waals surface area contributed by atoms with Crippen LogP contribution in [0.4, 0.5) is 0 Å². The molecule has 4 aliphatic rings. The van der Waals surface area contributed by atoms with Gasteiger partial charge in [-0.15, -0.1) is 0 Å². The smallest absolute Gasteiger partial charge is 1.00 e. The summed E-state index contributed by atoms with van der Waals surface area (Å²) in [6.45, 7) is 14.8. The summed E-state index contributed by atoms with van der Waals surface area (Å²) < 4.78 is 3.49. The van der Waals surface area contributed by atoms with E-state index in [-0.39, 0.29) is 24.8 Å². The molecular weight excluding hydrogens is 671 g/mol. The predicted molar refractivity (Wildman–Crippen MR) is 182 cm³/mol. The van der Waals surface area contributed by atoms with Gasteiger partial charge in [0.15, 0.2) is 0 Å². The topological polar surface area (TPSA) is 0 Å². The quantitative estimate of drug-likeness (QED) is 0.227. The zero-order chi connectivity index (χ0) is 29.4. The Morgan fingerprint density at radius 2 is 0.750 bits per heavy atom. The number of hydrogen-bond acceptors (Lipinski definition) is 0. The van der Waals surface area contributed by atoms with Crippen LogP contribution in [0.5, 0.6) is 0 Å². The molecule has 0 saturated carbocycles. The normalized spacial score (nSPS) is 10.8. The summed E-state index contributed by atoms with van der Waals surface area (Å²) >= 11 is -2.44. The van der Waals surface area contributed by atoms with E-state index in [1.807, 2.05) is 0 Å². The van der Waals surface area contributed by atoms with Gasteiger partial charge in [0.1, 0.15) is 0 Å². The largest absolute Gasteiger partial charge is 1.00 e. The van der Waals surface area contributed by atoms with Crippen LogP contribution in [0.2, 0.25) is 13.1 Å². The first kappa shape index (κ1) is 34.4. The van der Waals surface area contributed by atoms with Crippen molar-refractivity contribution in [2.75, 3.05) is 0 Å². The van der Waals surface area contributed by atoms with Gasteiger partial charge < -0.3 is 24.8 Å². The van der Waals surface area contributed by atoms with E-state index in [2.05, 4.69) is 162 Å². The van der Waals surface area contributed by atoms with Gasteiger partial charge in [0.05, 0.1) is 0 Å². The number of hydrogen-bond donors (Lipinski definition) is 0. The summed E-state index contributed by atoms with van der Waals surface area (Å²) in [7, 11) is 0. The van der Waals surface area contributed by atoms with Crippen LogP contribution in [0.1, 0.15) is 50.7 Å². The maximum absolute atomic E-state index is 2.60. The van der Waals surface area contributed by atoms with Crippen LogP contribution in [-0.2, 0) is 20.4 Å². The minimum Gasteiger partial charge on any atom is -1.00 e. The average molecular weight is 711 g/mol. The number of benzene rings is 2. The van der Waals surface area contributed by atoms with Crippen LogP contribution in [0.25, 0.3) is 44.5 Å². The van der Waals surface area contributed by atoms with Crippen molar-refractivity contribution in [2.24, 2.45) is 0 Å². The molecule has 0 aromatic heterocycles. The maximum atomic E-state index is 2.60. The minimum absolute atomic E-state index is 0. The molecule has 0 N–H and O–H groups in total. The van der Waals surface area contributed by atoms with Gasteiger partial charge in [0, 0.05) is 0 Å². The minimum atomic E-state index is -2.44. The zero-order valence-electron chi connectivity index (χ0n) is 26.5. The Hall–Kier alpha value is -2.48. The predicted octanol–water partition coefficient (Wildman–Crippen LogP) is 4.31. The molecule has 0 heterocycles. The zero-order valence-corrected chi connectivity index (χ0v) is 31.4. The van der Waals surface area contributed by atoms with E-state index in [1.165, 1.54) is 44.5 Å². The standard InChI is InChI=1S/2C19H17.C2H6Si.2ClH.Zr/c2*1-14(2)17-12-16-10-6-7-11-18(19(16)13-17)15-8-4-3-5-9-15;1-3-2;;;/h2*3-11,13-14H,1-2H3;1-2H3;2*1H;/q;;;;;+2/p-2. The Balaban J connectivity index is 0.00000221. The van der Waals surface area contributed by atoms with Crippen LogP contribution in [0.15, 0.2) is 121 Å². The first-order valence-electron chi connectivity index (χ1n) is 15.3. The molecule has 0 amide bonds. The summed E-state index contributed by atoms with van der Waals surface area (Å²) in [5.41, 5.74) is 13.7. The Bertz CT molecular complexity index is 1710. The molecule has 6 rings (SSSR count). The van der Waals surface area contributed by atoms with Crippen LogP contribution in [0, 0.1) is 0 Å². The third-order valence-corrected chi connectivity index (χ3v) is 25.1. The van der Waals surface area contributed by atoms with Gasteiger partial charge >= 0.3 is 262 Å². The molecular formula is C40H40Cl2SiZr. The second-order valence-corrected chi connectivity index (χ2v) is 28.9. The van der Waals surface area contributed by atoms with E-state index >= 15 is 0 Å². The number of rotatable bonds is 6. The van der Waals surface area contributed by atoms with Crippen molar-refractivity contribution in [3.05, 3.63) is 132 Å². The SMILES string of the molecule is CC(C)c1cc2c(-c3ccccc3)ccccc-2[c]1[Zr+2]([c]1c2ccccc(-c3ccccc3)c-2cc1C(C)C)=[Si](C)C.[Cl-].[Cl-].